The molecule has 3 rings (SSSR count). The average molecular weight is 422 g/mol. The molecule has 2 aliphatic rings. The van der Waals surface area contributed by atoms with Crippen molar-refractivity contribution in [1.29, 1.82) is 5.26 Å². The third-order valence-corrected chi connectivity index (χ3v) is 5.34. The van der Waals surface area contributed by atoms with Gasteiger partial charge in [0.2, 0.25) is 5.91 Å². The molecule has 7 nitrogen and oxygen atoms in total. The van der Waals surface area contributed by atoms with Gasteiger partial charge in [-0.15, -0.1) is 0 Å². The maximum atomic E-state index is 12.8. The Hall–Kier alpha value is -2.86. The Balaban J connectivity index is 1.93. The summed E-state index contributed by atoms with van der Waals surface area (Å²) in [6, 6.07) is 6.75. The zero-order chi connectivity index (χ0) is 21.7. The van der Waals surface area contributed by atoms with Crippen molar-refractivity contribution >= 4 is 5.91 Å². The highest BCUT2D eigenvalue weighted by Crippen LogP contribution is 2.44. The van der Waals surface area contributed by atoms with Crippen LogP contribution >= 0.6 is 0 Å². The van der Waals surface area contributed by atoms with Crippen LogP contribution in [0.5, 0.6) is 11.5 Å². The topological polar surface area (TPSA) is 104 Å². The molecule has 1 aromatic carbocycles. The van der Waals surface area contributed by atoms with Gasteiger partial charge in [0, 0.05) is 20.0 Å². The summed E-state index contributed by atoms with van der Waals surface area (Å²) in [5.74, 6) is 0.187. The number of nitriles is 1. The van der Waals surface area contributed by atoms with E-state index in [0.29, 0.717) is 36.7 Å². The minimum absolute atomic E-state index is 0.0367. The summed E-state index contributed by atoms with van der Waals surface area (Å²) in [7, 11) is 1.46. The monoisotopic (exact) mass is 422 g/mol. The fraction of sp³-hybridized carbons (Fsp3) is 0.524. The molecular formula is C21H24F2N2O5. The number of allylic oxidation sites excluding steroid dienone is 1. The van der Waals surface area contributed by atoms with Crippen molar-refractivity contribution in [2.24, 2.45) is 11.7 Å². The molecule has 1 saturated carbocycles. The predicted octanol–water partition coefficient (Wildman–Crippen LogP) is 3.38. The van der Waals surface area contributed by atoms with Crippen LogP contribution in [0, 0.1) is 17.2 Å². The van der Waals surface area contributed by atoms with Crippen LogP contribution in [-0.4, -0.2) is 33.0 Å². The fourth-order valence-electron chi connectivity index (χ4n) is 3.49. The van der Waals surface area contributed by atoms with Gasteiger partial charge < -0.3 is 24.7 Å². The third-order valence-electron chi connectivity index (χ3n) is 5.34. The van der Waals surface area contributed by atoms with Gasteiger partial charge in [-0.25, -0.2) is 0 Å². The predicted molar refractivity (Wildman–Crippen MR) is 102 cm³/mol. The standard InChI is InChI=1S/C21H24F2N2O5/c1-27-12-29-16-6-7-21(11-24,9-15(16)19(25)26)14-4-5-17(30-20(22)23)18(8-14)28-10-13-2-3-13/h4-5,8,13,20H,2-3,6-7,9-10,12H2,1H3,(H2,25,26). The zero-order valence-electron chi connectivity index (χ0n) is 16.7. The first-order chi connectivity index (χ1) is 14.4. The molecule has 1 fully saturated rings. The van der Waals surface area contributed by atoms with E-state index in [1.807, 2.05) is 0 Å². The molecule has 1 unspecified atom stereocenters. The van der Waals surface area contributed by atoms with E-state index in [1.165, 1.54) is 13.2 Å². The average Bonchev–Trinajstić information content (AvgIpc) is 3.55. The largest absolute Gasteiger partial charge is 0.489 e. The fourth-order valence-corrected chi connectivity index (χ4v) is 3.49. The highest BCUT2D eigenvalue weighted by atomic mass is 19.3. The molecule has 0 radical (unpaired) electrons. The molecule has 0 bridgehead atoms. The van der Waals surface area contributed by atoms with Gasteiger partial charge in [0.05, 0.1) is 23.7 Å². The lowest BCUT2D eigenvalue weighted by Gasteiger charge is -2.33. The van der Waals surface area contributed by atoms with Crippen LogP contribution < -0.4 is 15.2 Å². The van der Waals surface area contributed by atoms with Crippen LogP contribution in [0.2, 0.25) is 0 Å². The molecule has 1 aromatic rings. The van der Waals surface area contributed by atoms with Crippen LogP contribution in [0.25, 0.3) is 0 Å². The Morgan fingerprint density at radius 2 is 2.10 bits per heavy atom. The third kappa shape index (κ3) is 5.00. The number of halogens is 2. The first-order valence-electron chi connectivity index (χ1n) is 9.65. The summed E-state index contributed by atoms with van der Waals surface area (Å²) in [5, 5.41) is 10.0. The van der Waals surface area contributed by atoms with E-state index in [0.717, 1.165) is 12.8 Å². The number of ether oxygens (including phenoxy) is 4. The Labute approximate surface area is 173 Å². The van der Waals surface area contributed by atoms with Crippen LogP contribution in [0.3, 0.4) is 0 Å². The number of carbonyl (C=O) groups excluding carboxylic acids is 1. The van der Waals surface area contributed by atoms with Gasteiger partial charge in [0.15, 0.2) is 18.3 Å². The van der Waals surface area contributed by atoms with E-state index < -0.39 is 17.9 Å². The second kappa shape index (κ2) is 9.30. The van der Waals surface area contributed by atoms with Gasteiger partial charge in [-0.1, -0.05) is 6.07 Å². The summed E-state index contributed by atoms with van der Waals surface area (Å²) in [6.07, 6.45) is 2.77. The van der Waals surface area contributed by atoms with E-state index in [9.17, 15) is 18.8 Å². The molecule has 0 aromatic heterocycles. The van der Waals surface area contributed by atoms with Crippen molar-refractivity contribution in [3.05, 3.63) is 35.1 Å². The van der Waals surface area contributed by atoms with Crippen LogP contribution in [0.4, 0.5) is 8.78 Å². The number of alkyl halides is 2. The van der Waals surface area contributed by atoms with Gasteiger partial charge in [-0.05, 0) is 42.9 Å². The van der Waals surface area contributed by atoms with Crippen LogP contribution in [0.1, 0.15) is 37.7 Å². The normalized spacial score (nSPS) is 21.3. The van der Waals surface area contributed by atoms with Gasteiger partial charge in [0.25, 0.3) is 0 Å². The number of hydrogen-bond donors (Lipinski definition) is 1. The van der Waals surface area contributed by atoms with Gasteiger partial charge in [0.1, 0.15) is 5.76 Å². The molecule has 162 valence electrons. The molecule has 1 amide bonds. The molecule has 0 heterocycles. The van der Waals surface area contributed by atoms with E-state index >= 15 is 0 Å². The lowest BCUT2D eigenvalue weighted by molar-refractivity contribution is -0.115. The summed E-state index contributed by atoms with van der Waals surface area (Å²) < 4.78 is 46.2. The van der Waals surface area contributed by atoms with Gasteiger partial charge >= 0.3 is 6.61 Å². The SMILES string of the molecule is COCOC1=C(C(N)=O)CC(C#N)(c2ccc(OC(F)F)c(OCC3CC3)c2)CC1. The lowest BCUT2D eigenvalue weighted by Crippen LogP contribution is -2.33. The Morgan fingerprint density at radius 3 is 2.70 bits per heavy atom. The first-order valence-corrected chi connectivity index (χ1v) is 9.65. The van der Waals surface area contributed by atoms with E-state index in [1.54, 1.807) is 12.1 Å². The van der Waals surface area contributed by atoms with Crippen molar-refractivity contribution in [2.75, 3.05) is 20.5 Å². The molecule has 9 heteroatoms. The van der Waals surface area contributed by atoms with Crippen molar-refractivity contribution in [3.8, 4) is 17.6 Å². The smallest absolute Gasteiger partial charge is 0.387 e. The van der Waals surface area contributed by atoms with E-state index in [-0.39, 0.29) is 30.3 Å². The summed E-state index contributed by atoms with van der Waals surface area (Å²) in [6.45, 7) is -2.64. The molecule has 1 atom stereocenters. The number of carbonyl (C=O) groups is 1. The van der Waals surface area contributed by atoms with Crippen molar-refractivity contribution in [1.82, 2.24) is 0 Å². The molecule has 0 aliphatic heterocycles. The number of nitrogens with zero attached hydrogens (tertiary/aromatic N) is 1. The van der Waals surface area contributed by atoms with E-state index in [4.69, 9.17) is 19.9 Å². The summed E-state index contributed by atoms with van der Waals surface area (Å²) >= 11 is 0. The molecule has 2 N–H and O–H groups in total. The highest BCUT2D eigenvalue weighted by molar-refractivity contribution is 5.93. The maximum absolute atomic E-state index is 12.8. The lowest BCUT2D eigenvalue weighted by atomic mass is 9.69. The number of primary amides is 1. The second-order valence-electron chi connectivity index (χ2n) is 7.48. The van der Waals surface area contributed by atoms with Crippen LogP contribution in [0.15, 0.2) is 29.5 Å². The molecular weight excluding hydrogens is 398 g/mol. The van der Waals surface area contributed by atoms with Crippen molar-refractivity contribution < 1.29 is 32.5 Å². The second-order valence-corrected chi connectivity index (χ2v) is 7.48. The summed E-state index contributed by atoms with van der Waals surface area (Å²) in [4.78, 5) is 12.0. The molecule has 2 aliphatic carbocycles. The first kappa shape index (κ1) is 21.8. The molecule has 0 spiro atoms. The van der Waals surface area contributed by atoms with Crippen molar-refractivity contribution in [2.45, 2.75) is 44.1 Å². The van der Waals surface area contributed by atoms with E-state index in [2.05, 4.69) is 10.8 Å². The molecule has 30 heavy (non-hydrogen) atoms. The number of benzene rings is 1. The van der Waals surface area contributed by atoms with Crippen molar-refractivity contribution in [3.63, 3.8) is 0 Å². The van der Waals surface area contributed by atoms with Gasteiger partial charge in [-0.3, -0.25) is 4.79 Å². The number of amides is 1. The Bertz CT molecular complexity index is 863. The minimum Gasteiger partial charge on any atom is -0.489 e. The number of hydrogen-bond acceptors (Lipinski definition) is 6. The number of rotatable bonds is 10. The Kier molecular flexibility index (Phi) is 6.77. The van der Waals surface area contributed by atoms with Crippen LogP contribution in [-0.2, 0) is 19.7 Å². The minimum atomic E-state index is -3.00. The quantitative estimate of drug-likeness (QED) is 0.580. The number of nitrogens with two attached hydrogens (primary N) is 1. The highest BCUT2D eigenvalue weighted by Gasteiger charge is 2.40. The molecule has 0 saturated heterocycles. The Morgan fingerprint density at radius 1 is 1.33 bits per heavy atom. The number of methoxy groups -OCH3 is 1. The van der Waals surface area contributed by atoms with Gasteiger partial charge in [-0.2, -0.15) is 14.0 Å². The summed E-state index contributed by atoms with van der Waals surface area (Å²) in [5.41, 5.74) is 5.21. The maximum Gasteiger partial charge on any atom is 0.387 e. The zero-order valence-corrected chi connectivity index (χ0v) is 16.7.